The van der Waals surface area contributed by atoms with Crippen LogP contribution in [0.25, 0.3) is 5.65 Å². The molecule has 0 saturated carbocycles. The van der Waals surface area contributed by atoms with E-state index in [1.165, 1.54) is 0 Å². The van der Waals surface area contributed by atoms with E-state index in [4.69, 9.17) is 0 Å². The van der Waals surface area contributed by atoms with E-state index in [2.05, 4.69) is 22.4 Å². The van der Waals surface area contributed by atoms with Gasteiger partial charge in [-0.2, -0.15) is 5.26 Å². The summed E-state index contributed by atoms with van der Waals surface area (Å²) >= 11 is 0. The molecule has 3 aromatic rings. The monoisotopic (exact) mass is 406 g/mol. The summed E-state index contributed by atoms with van der Waals surface area (Å²) in [5.74, 6) is 0. The topological polar surface area (TPSA) is 58.9 Å². The second kappa shape index (κ2) is 5.15. The third-order valence-corrected chi connectivity index (χ3v) is 2.54. The smallest absolute Gasteiger partial charge is 0.449 e. The third kappa shape index (κ3) is 2.07. The van der Waals surface area contributed by atoms with Crippen molar-refractivity contribution in [2.75, 3.05) is 0 Å². The van der Waals surface area contributed by atoms with Crippen LogP contribution in [-0.2, 0) is 27.6 Å². The van der Waals surface area contributed by atoms with E-state index < -0.39 is 0 Å². The number of imidazole rings is 2. The summed E-state index contributed by atoms with van der Waals surface area (Å²) in [5, 5.41) is 9.19. The van der Waals surface area contributed by atoms with Crippen LogP contribution < -0.4 is 0 Å². The molecule has 3 rings (SSSR count). The van der Waals surface area contributed by atoms with Crippen LogP contribution in [0.3, 0.4) is 0 Å². The Hall–Kier alpha value is -1.92. The Labute approximate surface area is 118 Å². The van der Waals surface area contributed by atoms with Gasteiger partial charge in [-0.15, -0.1) is 12.4 Å². The van der Waals surface area contributed by atoms with Crippen molar-refractivity contribution in [1.29, 1.82) is 5.26 Å². The first-order valence-electron chi connectivity index (χ1n) is 5.13. The summed E-state index contributed by atoms with van der Waals surface area (Å²) in [6.45, 7) is 0.505. The van der Waals surface area contributed by atoms with Crippen molar-refractivity contribution < 1.29 is 21.1 Å². The third-order valence-electron chi connectivity index (χ3n) is 2.54. The van der Waals surface area contributed by atoms with Gasteiger partial charge in [-0.1, -0.05) is 6.07 Å². The van der Waals surface area contributed by atoms with Gasteiger partial charge in [0.2, 0.25) is 0 Å². The van der Waals surface area contributed by atoms with Crippen molar-refractivity contribution >= 4 is 5.65 Å². The Morgan fingerprint density at radius 3 is 2.94 bits per heavy atom. The molecule has 5 nitrogen and oxygen atoms in total. The fourth-order valence-corrected chi connectivity index (χ4v) is 1.78. The molecule has 0 fully saturated rings. The molecule has 86 valence electrons. The number of nitriles is 1. The van der Waals surface area contributed by atoms with Crippen LogP contribution in [-0.4, -0.2) is 18.9 Å². The van der Waals surface area contributed by atoms with Crippen molar-refractivity contribution in [3.63, 3.8) is 0 Å². The Morgan fingerprint density at radius 1 is 1.33 bits per heavy atom. The summed E-state index contributed by atoms with van der Waals surface area (Å²) in [5.41, 5.74) is 2.06. The Kier molecular flexibility index (Phi) is 3.59. The minimum atomic E-state index is 0. The van der Waals surface area contributed by atoms with E-state index in [1.54, 1.807) is 21.4 Å². The summed E-state index contributed by atoms with van der Waals surface area (Å²) in [6, 6.07) is 7.84. The normalized spacial score (nSPS) is 9.94. The second-order valence-electron chi connectivity index (χ2n) is 3.60. The molecule has 0 unspecified atom stereocenters. The largest absolute Gasteiger partial charge is 2.00 e. The zero-order valence-corrected chi connectivity index (χ0v) is 12.2. The molecule has 3 aromatic heterocycles. The summed E-state index contributed by atoms with van der Waals surface area (Å²) in [7, 11) is 0. The van der Waals surface area contributed by atoms with Gasteiger partial charge in [0.1, 0.15) is 17.4 Å². The van der Waals surface area contributed by atoms with E-state index >= 15 is 0 Å². The summed E-state index contributed by atoms with van der Waals surface area (Å²) < 4.78 is 3.55. The average molecular weight is 406 g/mol. The molecule has 0 aromatic carbocycles. The van der Waals surface area contributed by atoms with Crippen molar-refractivity contribution in [2.45, 2.75) is 6.54 Å². The fraction of sp³-hybridized carbons (Fsp3) is 0.0833. The molecule has 0 bridgehead atoms. The molecule has 0 aliphatic heterocycles. The first-order chi connectivity index (χ1) is 8.38. The molecular formula is C12H8N5W+. The van der Waals surface area contributed by atoms with Crippen LogP contribution in [0.1, 0.15) is 11.4 Å². The number of rotatable bonds is 2. The Bertz CT molecular complexity index is 693. The molecule has 0 aliphatic rings. The van der Waals surface area contributed by atoms with Gasteiger partial charge < -0.3 is 9.55 Å². The molecule has 0 saturated heterocycles. The van der Waals surface area contributed by atoms with Crippen LogP contribution in [0.2, 0.25) is 0 Å². The SMILES string of the molecule is N#Cc1c(Cn2[c-]ncc2)nc2ccccn12.[W+2]. The molecule has 3 heterocycles. The van der Waals surface area contributed by atoms with Crippen LogP contribution in [0, 0.1) is 17.7 Å². The van der Waals surface area contributed by atoms with Gasteiger partial charge in [0.25, 0.3) is 0 Å². The molecule has 0 atom stereocenters. The molecule has 0 spiro atoms. The van der Waals surface area contributed by atoms with E-state index in [1.807, 2.05) is 24.4 Å². The minimum absolute atomic E-state index is 0. The number of fused-ring (bicyclic) bond motifs is 1. The molecular weight excluding hydrogens is 398 g/mol. The van der Waals surface area contributed by atoms with Gasteiger partial charge in [-0.05, 0) is 12.1 Å². The van der Waals surface area contributed by atoms with Gasteiger partial charge in [-0.3, -0.25) is 4.40 Å². The van der Waals surface area contributed by atoms with Crippen LogP contribution in [0.15, 0.2) is 36.8 Å². The number of hydrogen-bond donors (Lipinski definition) is 0. The molecule has 0 N–H and O–H groups in total. The maximum absolute atomic E-state index is 9.19. The molecule has 0 amide bonds. The predicted molar refractivity (Wildman–Crippen MR) is 60.1 cm³/mol. The number of pyridine rings is 1. The van der Waals surface area contributed by atoms with Crippen molar-refractivity contribution in [2.24, 2.45) is 0 Å². The first-order valence-corrected chi connectivity index (χ1v) is 5.13. The molecule has 18 heavy (non-hydrogen) atoms. The minimum Gasteiger partial charge on any atom is -0.449 e. The van der Waals surface area contributed by atoms with Gasteiger partial charge in [0.15, 0.2) is 0 Å². The molecule has 0 radical (unpaired) electrons. The van der Waals surface area contributed by atoms with E-state index in [0.29, 0.717) is 12.2 Å². The van der Waals surface area contributed by atoms with Gasteiger partial charge >= 0.3 is 21.1 Å². The predicted octanol–water partition coefficient (Wildman–Crippen LogP) is 1.25. The number of aromatic nitrogens is 4. The quantitative estimate of drug-likeness (QED) is 0.603. The summed E-state index contributed by atoms with van der Waals surface area (Å²) in [6.07, 6.45) is 8.08. The van der Waals surface area contributed by atoms with Crippen LogP contribution in [0.4, 0.5) is 0 Å². The second-order valence-corrected chi connectivity index (χ2v) is 3.60. The Balaban J connectivity index is 0.00000120. The van der Waals surface area contributed by atoms with E-state index in [0.717, 1.165) is 11.3 Å². The van der Waals surface area contributed by atoms with Crippen molar-refractivity contribution in [3.05, 3.63) is 54.5 Å². The van der Waals surface area contributed by atoms with Crippen LogP contribution in [0.5, 0.6) is 0 Å². The first kappa shape index (κ1) is 12.5. The number of nitrogens with zero attached hydrogens (tertiary/aromatic N) is 5. The average Bonchev–Trinajstić information content (AvgIpc) is 2.96. The maximum atomic E-state index is 9.19. The van der Waals surface area contributed by atoms with Crippen molar-refractivity contribution in [1.82, 2.24) is 18.9 Å². The van der Waals surface area contributed by atoms with E-state index in [-0.39, 0.29) is 21.1 Å². The van der Waals surface area contributed by atoms with Gasteiger partial charge in [0, 0.05) is 19.1 Å². The van der Waals surface area contributed by atoms with E-state index in [9.17, 15) is 5.26 Å². The van der Waals surface area contributed by atoms with Crippen molar-refractivity contribution in [3.8, 4) is 6.07 Å². The zero-order valence-electron chi connectivity index (χ0n) is 9.32. The van der Waals surface area contributed by atoms with Gasteiger partial charge in [0.05, 0.1) is 5.69 Å². The maximum Gasteiger partial charge on any atom is 2.00 e. The Morgan fingerprint density at radius 2 is 2.22 bits per heavy atom. The van der Waals surface area contributed by atoms with Crippen LogP contribution >= 0.6 is 0 Å². The molecule has 6 heteroatoms. The fourth-order valence-electron chi connectivity index (χ4n) is 1.78. The summed E-state index contributed by atoms with van der Waals surface area (Å²) in [4.78, 5) is 8.28. The number of hydrogen-bond acceptors (Lipinski definition) is 3. The van der Waals surface area contributed by atoms with Gasteiger partial charge in [-0.25, -0.2) is 4.98 Å². The standard InChI is InChI=1S/C12H8N5.W/c13-7-11-10(8-16-6-4-14-9-16)15-12-3-1-2-5-17(11)12;/h1-6H,8H2;/q-1;+2. The molecule has 0 aliphatic carbocycles. The zero-order chi connectivity index (χ0) is 11.7.